The van der Waals surface area contributed by atoms with Crippen LogP contribution in [0.4, 0.5) is 0 Å². The molecule has 0 bridgehead atoms. The number of aryl methyl sites for hydroxylation is 1. The Balaban J connectivity index is 1.61. The van der Waals surface area contributed by atoms with E-state index in [0.29, 0.717) is 5.92 Å². The Morgan fingerprint density at radius 2 is 1.79 bits per heavy atom. The lowest BCUT2D eigenvalue weighted by Gasteiger charge is -2.20. The zero-order chi connectivity index (χ0) is 18.9. The molecule has 0 amide bonds. The van der Waals surface area contributed by atoms with Crippen LogP contribution in [0.2, 0.25) is 0 Å². The first-order valence-corrected chi connectivity index (χ1v) is 9.93. The SMILES string of the molecule is O/N=C1/CCc2cc(-c3oc(C4CCNCC4)cc3-c3ccncc3)ccc21. The second kappa shape index (κ2) is 7.24. The predicted octanol–water partition coefficient (Wildman–Crippen LogP) is 4.60. The Kier molecular flexibility index (Phi) is 4.45. The number of hydrogen-bond donors (Lipinski definition) is 2. The van der Waals surface area contributed by atoms with Gasteiger partial charge in [-0.15, -0.1) is 0 Å². The smallest absolute Gasteiger partial charge is 0.142 e. The van der Waals surface area contributed by atoms with Crippen LogP contribution in [0, 0.1) is 0 Å². The van der Waals surface area contributed by atoms with E-state index in [0.717, 1.165) is 78.3 Å². The Morgan fingerprint density at radius 1 is 0.964 bits per heavy atom. The lowest BCUT2D eigenvalue weighted by molar-refractivity contribution is 0.318. The standard InChI is InChI=1S/C23H23N3O2/c27-26-21-4-2-17-13-18(1-3-19(17)21)23-20(15-5-9-24-10-6-15)14-22(28-23)16-7-11-25-12-8-16/h1,3,5-6,9-10,13-14,16,25,27H,2,4,7-8,11-12H2/b26-21-. The fourth-order valence-corrected chi connectivity index (χ4v) is 4.39. The number of furan rings is 1. The fourth-order valence-electron chi connectivity index (χ4n) is 4.39. The summed E-state index contributed by atoms with van der Waals surface area (Å²) in [4.78, 5) is 4.16. The van der Waals surface area contributed by atoms with Gasteiger partial charge < -0.3 is 14.9 Å². The molecular formula is C23H23N3O2. The Morgan fingerprint density at radius 3 is 2.57 bits per heavy atom. The molecule has 0 radical (unpaired) electrons. The normalized spacial score (nSPS) is 18.5. The van der Waals surface area contributed by atoms with Gasteiger partial charge in [0.1, 0.15) is 11.5 Å². The van der Waals surface area contributed by atoms with E-state index in [4.69, 9.17) is 4.42 Å². The first-order valence-electron chi connectivity index (χ1n) is 9.93. The summed E-state index contributed by atoms with van der Waals surface area (Å²) in [5.41, 5.74) is 6.33. The number of rotatable bonds is 3. The Bertz CT molecular complexity index is 1020. The van der Waals surface area contributed by atoms with E-state index in [1.165, 1.54) is 5.56 Å². The minimum Gasteiger partial charge on any atom is -0.460 e. The average molecular weight is 373 g/mol. The molecule has 1 fully saturated rings. The number of nitrogens with zero attached hydrogens (tertiary/aromatic N) is 2. The van der Waals surface area contributed by atoms with Gasteiger partial charge in [0.05, 0.1) is 5.71 Å². The summed E-state index contributed by atoms with van der Waals surface area (Å²) in [5, 5.41) is 16.1. The molecule has 5 nitrogen and oxygen atoms in total. The summed E-state index contributed by atoms with van der Waals surface area (Å²) in [5.74, 6) is 2.44. The molecule has 2 aromatic heterocycles. The van der Waals surface area contributed by atoms with Gasteiger partial charge in [-0.2, -0.15) is 0 Å². The molecule has 1 aliphatic heterocycles. The number of benzene rings is 1. The van der Waals surface area contributed by atoms with Crippen molar-refractivity contribution in [3.8, 4) is 22.5 Å². The van der Waals surface area contributed by atoms with Crippen molar-refractivity contribution < 1.29 is 9.62 Å². The molecule has 5 heteroatoms. The summed E-state index contributed by atoms with van der Waals surface area (Å²) in [6.45, 7) is 2.07. The Hall–Kier alpha value is -2.92. The maximum absolute atomic E-state index is 9.20. The van der Waals surface area contributed by atoms with Gasteiger partial charge in [-0.05, 0) is 74.2 Å². The number of aromatic nitrogens is 1. The highest BCUT2D eigenvalue weighted by atomic mass is 16.4. The number of pyridine rings is 1. The third-order valence-corrected chi connectivity index (χ3v) is 5.91. The molecule has 2 N–H and O–H groups in total. The van der Waals surface area contributed by atoms with Crippen LogP contribution in [-0.4, -0.2) is 29.0 Å². The third kappa shape index (κ3) is 3.02. The summed E-state index contributed by atoms with van der Waals surface area (Å²) >= 11 is 0. The third-order valence-electron chi connectivity index (χ3n) is 5.91. The lowest BCUT2D eigenvalue weighted by Crippen LogP contribution is -2.26. The quantitative estimate of drug-likeness (QED) is 0.520. The minimum atomic E-state index is 0.457. The van der Waals surface area contributed by atoms with Crippen LogP contribution in [0.5, 0.6) is 0 Å². The van der Waals surface area contributed by atoms with Crippen molar-refractivity contribution in [2.75, 3.05) is 13.1 Å². The summed E-state index contributed by atoms with van der Waals surface area (Å²) < 4.78 is 6.48. The Labute approximate surface area is 164 Å². The highest BCUT2D eigenvalue weighted by molar-refractivity contribution is 6.04. The molecule has 0 spiro atoms. The van der Waals surface area contributed by atoms with Crippen LogP contribution in [0.15, 0.2) is 58.4 Å². The minimum absolute atomic E-state index is 0.457. The van der Waals surface area contributed by atoms with Crippen LogP contribution in [0.25, 0.3) is 22.5 Å². The molecular weight excluding hydrogens is 350 g/mol. The van der Waals surface area contributed by atoms with Crippen LogP contribution in [-0.2, 0) is 6.42 Å². The molecule has 1 saturated heterocycles. The van der Waals surface area contributed by atoms with Crippen molar-refractivity contribution in [3.63, 3.8) is 0 Å². The van der Waals surface area contributed by atoms with E-state index in [1.807, 2.05) is 24.5 Å². The van der Waals surface area contributed by atoms with Crippen LogP contribution in [0.3, 0.4) is 0 Å². The van der Waals surface area contributed by atoms with E-state index in [2.05, 4.69) is 39.7 Å². The topological polar surface area (TPSA) is 70.7 Å². The summed E-state index contributed by atoms with van der Waals surface area (Å²) in [6, 6.07) is 12.6. The first-order chi connectivity index (χ1) is 13.8. The van der Waals surface area contributed by atoms with Gasteiger partial charge in [0, 0.05) is 35.0 Å². The monoisotopic (exact) mass is 373 g/mol. The molecule has 3 heterocycles. The van der Waals surface area contributed by atoms with Gasteiger partial charge in [0.15, 0.2) is 0 Å². The first kappa shape index (κ1) is 17.2. The second-order valence-corrected chi connectivity index (χ2v) is 7.57. The zero-order valence-electron chi connectivity index (χ0n) is 15.7. The average Bonchev–Trinajstić information content (AvgIpc) is 3.39. The molecule has 0 saturated carbocycles. The van der Waals surface area contributed by atoms with Gasteiger partial charge in [-0.25, -0.2) is 0 Å². The maximum Gasteiger partial charge on any atom is 0.142 e. The van der Waals surface area contributed by atoms with Crippen molar-refractivity contribution >= 4 is 5.71 Å². The van der Waals surface area contributed by atoms with E-state index in [-0.39, 0.29) is 0 Å². The van der Waals surface area contributed by atoms with Crippen molar-refractivity contribution in [3.05, 3.63) is 65.7 Å². The molecule has 1 aromatic carbocycles. The molecule has 2 aliphatic rings. The molecule has 3 aromatic rings. The summed E-state index contributed by atoms with van der Waals surface area (Å²) in [6.07, 6.45) is 7.53. The number of fused-ring (bicyclic) bond motifs is 1. The van der Waals surface area contributed by atoms with E-state index in [9.17, 15) is 5.21 Å². The second-order valence-electron chi connectivity index (χ2n) is 7.57. The number of oxime groups is 1. The number of piperidine rings is 1. The molecule has 0 atom stereocenters. The predicted molar refractivity (Wildman–Crippen MR) is 109 cm³/mol. The van der Waals surface area contributed by atoms with Crippen LogP contribution in [0.1, 0.15) is 42.1 Å². The van der Waals surface area contributed by atoms with E-state index < -0.39 is 0 Å². The van der Waals surface area contributed by atoms with Crippen molar-refractivity contribution in [2.45, 2.75) is 31.6 Å². The van der Waals surface area contributed by atoms with Crippen LogP contribution >= 0.6 is 0 Å². The largest absolute Gasteiger partial charge is 0.460 e. The molecule has 1 aliphatic carbocycles. The highest BCUT2D eigenvalue weighted by Gasteiger charge is 2.24. The van der Waals surface area contributed by atoms with Gasteiger partial charge in [0.25, 0.3) is 0 Å². The molecule has 5 rings (SSSR count). The van der Waals surface area contributed by atoms with Crippen LogP contribution < -0.4 is 5.32 Å². The van der Waals surface area contributed by atoms with Gasteiger partial charge in [-0.1, -0.05) is 17.3 Å². The number of nitrogens with one attached hydrogen (secondary N) is 1. The highest BCUT2D eigenvalue weighted by Crippen LogP contribution is 2.40. The van der Waals surface area contributed by atoms with Gasteiger partial charge in [0.2, 0.25) is 0 Å². The number of hydrogen-bond acceptors (Lipinski definition) is 5. The molecule has 0 unspecified atom stereocenters. The van der Waals surface area contributed by atoms with Crippen molar-refractivity contribution in [1.82, 2.24) is 10.3 Å². The van der Waals surface area contributed by atoms with E-state index in [1.54, 1.807) is 0 Å². The van der Waals surface area contributed by atoms with E-state index >= 15 is 0 Å². The molecule has 142 valence electrons. The van der Waals surface area contributed by atoms with Crippen molar-refractivity contribution in [2.24, 2.45) is 5.16 Å². The molecule has 28 heavy (non-hydrogen) atoms. The van der Waals surface area contributed by atoms with Crippen molar-refractivity contribution in [1.29, 1.82) is 0 Å². The fraction of sp³-hybridized carbons (Fsp3) is 0.304. The lowest BCUT2D eigenvalue weighted by atomic mass is 9.94. The maximum atomic E-state index is 9.20. The van der Waals surface area contributed by atoms with Gasteiger partial charge in [-0.3, -0.25) is 4.98 Å². The summed E-state index contributed by atoms with van der Waals surface area (Å²) in [7, 11) is 0. The zero-order valence-corrected chi connectivity index (χ0v) is 15.7. The van der Waals surface area contributed by atoms with Gasteiger partial charge >= 0.3 is 0 Å².